The van der Waals surface area contributed by atoms with Gasteiger partial charge in [-0.05, 0) is 29.8 Å². The maximum Gasteiger partial charge on any atom is 0.267 e. The number of nitrogens with zero attached hydrogens (tertiary/aromatic N) is 3. The number of amides is 1. The van der Waals surface area contributed by atoms with Gasteiger partial charge < -0.3 is 19.4 Å². The molecule has 2 aromatic rings. The van der Waals surface area contributed by atoms with E-state index in [0.29, 0.717) is 24.5 Å². The maximum absolute atomic E-state index is 12.9. The van der Waals surface area contributed by atoms with Crippen molar-refractivity contribution in [3.63, 3.8) is 0 Å². The van der Waals surface area contributed by atoms with E-state index >= 15 is 0 Å². The van der Waals surface area contributed by atoms with E-state index in [9.17, 15) is 4.79 Å². The highest BCUT2D eigenvalue weighted by atomic mass is 35.5. The molecule has 0 spiro atoms. The summed E-state index contributed by atoms with van der Waals surface area (Å²) in [5.74, 6) is 0.842. The average Bonchev–Trinajstić information content (AvgIpc) is 3.24. The monoisotopic (exact) mass is 399 g/mol. The number of ether oxygens (including phenoxy) is 1. The van der Waals surface area contributed by atoms with Crippen LogP contribution in [0.4, 0.5) is 5.69 Å². The summed E-state index contributed by atoms with van der Waals surface area (Å²) in [4.78, 5) is 22.4. The number of anilines is 1. The Hall–Kier alpha value is -2.73. The second kappa shape index (κ2) is 8.10. The van der Waals surface area contributed by atoms with Crippen molar-refractivity contribution in [1.82, 2.24) is 4.90 Å². The summed E-state index contributed by atoms with van der Waals surface area (Å²) in [7, 11) is 1.67. The third-order valence-corrected chi connectivity index (χ3v) is 5.39. The number of carbonyl (C=O) groups excluding carboxylic acids is 1. The van der Waals surface area contributed by atoms with Gasteiger partial charge in [-0.1, -0.05) is 41.0 Å². The average molecular weight is 400 g/mol. The minimum Gasteiger partial charge on any atom is -0.495 e. The highest BCUT2D eigenvalue weighted by Gasteiger charge is 2.34. The summed E-state index contributed by atoms with van der Waals surface area (Å²) in [5, 5.41) is 4.79. The molecule has 7 heteroatoms. The number of benzene rings is 2. The van der Waals surface area contributed by atoms with Crippen LogP contribution in [0.5, 0.6) is 5.75 Å². The first-order valence-electron chi connectivity index (χ1n) is 9.31. The first-order chi connectivity index (χ1) is 13.7. The predicted molar refractivity (Wildman–Crippen MR) is 109 cm³/mol. The molecule has 2 aliphatic heterocycles. The van der Waals surface area contributed by atoms with Crippen LogP contribution in [0.1, 0.15) is 12.0 Å². The van der Waals surface area contributed by atoms with Crippen LogP contribution in [0.2, 0.25) is 5.02 Å². The number of halogens is 1. The van der Waals surface area contributed by atoms with Gasteiger partial charge >= 0.3 is 0 Å². The lowest BCUT2D eigenvalue weighted by Crippen LogP contribution is -2.51. The number of hydrogen-bond acceptors (Lipinski definition) is 5. The van der Waals surface area contributed by atoms with Crippen LogP contribution in [0.15, 0.2) is 53.7 Å². The van der Waals surface area contributed by atoms with E-state index in [1.54, 1.807) is 7.11 Å². The smallest absolute Gasteiger partial charge is 0.267 e. The number of piperazine rings is 1. The third-order valence-electron chi connectivity index (χ3n) is 5.14. The van der Waals surface area contributed by atoms with Crippen molar-refractivity contribution < 1.29 is 14.4 Å². The Morgan fingerprint density at radius 1 is 1.11 bits per heavy atom. The van der Waals surface area contributed by atoms with E-state index in [1.807, 2.05) is 53.4 Å². The number of hydrogen-bond donors (Lipinski definition) is 0. The molecule has 0 saturated carbocycles. The molecule has 146 valence electrons. The zero-order valence-corrected chi connectivity index (χ0v) is 16.4. The molecule has 2 aromatic carbocycles. The predicted octanol–water partition coefficient (Wildman–Crippen LogP) is 3.19. The summed E-state index contributed by atoms with van der Waals surface area (Å²) >= 11 is 5.93. The highest BCUT2D eigenvalue weighted by Crippen LogP contribution is 2.29. The molecule has 0 aliphatic carbocycles. The largest absolute Gasteiger partial charge is 0.495 e. The lowest BCUT2D eigenvalue weighted by atomic mass is 10.0. The molecule has 0 radical (unpaired) electrons. The Morgan fingerprint density at radius 3 is 2.54 bits per heavy atom. The second-order valence-corrected chi connectivity index (χ2v) is 7.26. The summed E-state index contributed by atoms with van der Waals surface area (Å²) in [5.41, 5.74) is 2.77. The number of rotatable bonds is 4. The fourth-order valence-corrected chi connectivity index (χ4v) is 3.71. The molecule has 0 unspecified atom stereocenters. The van der Waals surface area contributed by atoms with Gasteiger partial charge in [-0.15, -0.1) is 0 Å². The number of carbonyl (C=O) groups is 1. The van der Waals surface area contributed by atoms with Crippen molar-refractivity contribution in [3.05, 3.63) is 59.1 Å². The molecule has 4 rings (SSSR count). The fraction of sp³-hybridized carbons (Fsp3) is 0.333. The minimum absolute atomic E-state index is 0.00705. The van der Waals surface area contributed by atoms with Gasteiger partial charge in [0.25, 0.3) is 5.91 Å². The van der Waals surface area contributed by atoms with Gasteiger partial charge in [0.05, 0.1) is 18.5 Å². The van der Waals surface area contributed by atoms with Crippen molar-refractivity contribution >= 4 is 28.9 Å². The van der Waals surface area contributed by atoms with E-state index in [2.05, 4.69) is 10.1 Å². The molecule has 0 bridgehead atoms. The standard InChI is InChI=1S/C21H22ClN3O3/c1-27-19-5-3-2-4-18(19)24-10-12-25(13-11-24)21(26)20-14-17(23-28-20)15-6-8-16(22)9-7-15/h2-9,20H,10-14H2,1H3/t20-/m0/s1. The lowest BCUT2D eigenvalue weighted by Gasteiger charge is -2.37. The number of methoxy groups -OCH3 is 1. The Kier molecular flexibility index (Phi) is 5.39. The van der Waals surface area contributed by atoms with Gasteiger partial charge in [-0.3, -0.25) is 4.79 Å². The molecule has 6 nitrogen and oxygen atoms in total. The van der Waals surface area contributed by atoms with E-state index in [4.69, 9.17) is 21.2 Å². The maximum atomic E-state index is 12.9. The molecule has 1 saturated heterocycles. The van der Waals surface area contributed by atoms with Crippen LogP contribution < -0.4 is 9.64 Å². The molecule has 0 aromatic heterocycles. The normalized spacial score (nSPS) is 19.2. The van der Waals surface area contributed by atoms with Gasteiger partial charge in [0.2, 0.25) is 6.10 Å². The van der Waals surface area contributed by atoms with Crippen LogP contribution >= 0.6 is 11.6 Å². The zero-order chi connectivity index (χ0) is 19.5. The summed E-state index contributed by atoms with van der Waals surface area (Å²) < 4.78 is 5.45. The van der Waals surface area contributed by atoms with Crippen molar-refractivity contribution in [1.29, 1.82) is 0 Å². The van der Waals surface area contributed by atoms with Gasteiger partial charge in [-0.2, -0.15) is 0 Å². The van der Waals surface area contributed by atoms with E-state index in [1.165, 1.54) is 0 Å². The summed E-state index contributed by atoms with van der Waals surface area (Å²) in [6, 6.07) is 15.4. The highest BCUT2D eigenvalue weighted by molar-refractivity contribution is 6.30. The van der Waals surface area contributed by atoms with Crippen molar-refractivity contribution in [2.75, 3.05) is 38.2 Å². The van der Waals surface area contributed by atoms with Crippen LogP contribution in [0.25, 0.3) is 0 Å². The quantitative estimate of drug-likeness (QED) is 0.792. The van der Waals surface area contributed by atoms with Crippen LogP contribution in [0.3, 0.4) is 0 Å². The van der Waals surface area contributed by atoms with E-state index in [0.717, 1.165) is 35.8 Å². The van der Waals surface area contributed by atoms with Crippen LogP contribution in [-0.4, -0.2) is 55.9 Å². The van der Waals surface area contributed by atoms with Crippen LogP contribution in [0, 0.1) is 0 Å². The molecule has 2 heterocycles. The number of oxime groups is 1. The molecular formula is C21H22ClN3O3. The fourth-order valence-electron chi connectivity index (χ4n) is 3.59. The Bertz CT molecular complexity index is 877. The molecule has 2 aliphatic rings. The Morgan fingerprint density at radius 2 is 1.82 bits per heavy atom. The minimum atomic E-state index is -0.552. The Labute approximate surface area is 169 Å². The molecular weight excluding hydrogens is 378 g/mol. The SMILES string of the molecule is COc1ccccc1N1CCN(C(=O)[C@@H]2CC(c3ccc(Cl)cc3)=NO2)CC1. The summed E-state index contributed by atoms with van der Waals surface area (Å²) in [6.07, 6.45) is -0.0730. The van der Waals surface area contributed by atoms with Gasteiger partial charge in [0.1, 0.15) is 5.75 Å². The summed E-state index contributed by atoms with van der Waals surface area (Å²) in [6.45, 7) is 2.80. The van der Waals surface area contributed by atoms with Crippen LogP contribution in [-0.2, 0) is 9.63 Å². The number of para-hydroxylation sites is 2. The molecule has 28 heavy (non-hydrogen) atoms. The first kappa shape index (κ1) is 18.6. The second-order valence-electron chi connectivity index (χ2n) is 6.83. The van der Waals surface area contributed by atoms with Crippen molar-refractivity contribution in [2.24, 2.45) is 5.16 Å². The zero-order valence-electron chi connectivity index (χ0n) is 15.7. The first-order valence-corrected chi connectivity index (χ1v) is 9.69. The van der Waals surface area contributed by atoms with Gasteiger partial charge in [0.15, 0.2) is 0 Å². The van der Waals surface area contributed by atoms with Crippen molar-refractivity contribution in [2.45, 2.75) is 12.5 Å². The lowest BCUT2D eigenvalue weighted by molar-refractivity contribution is -0.142. The topological polar surface area (TPSA) is 54.4 Å². The molecule has 1 atom stereocenters. The Balaban J connectivity index is 1.34. The molecule has 1 amide bonds. The van der Waals surface area contributed by atoms with E-state index < -0.39 is 6.10 Å². The molecule has 1 fully saturated rings. The third kappa shape index (κ3) is 3.78. The van der Waals surface area contributed by atoms with Gasteiger partial charge in [0, 0.05) is 37.6 Å². The molecule has 0 N–H and O–H groups in total. The van der Waals surface area contributed by atoms with Crippen molar-refractivity contribution in [3.8, 4) is 5.75 Å². The van der Waals surface area contributed by atoms with Gasteiger partial charge in [-0.25, -0.2) is 0 Å². The van der Waals surface area contributed by atoms with E-state index in [-0.39, 0.29) is 5.91 Å².